The molecule has 1 aliphatic heterocycles. The lowest BCUT2D eigenvalue weighted by Gasteiger charge is -2.05. The van der Waals surface area contributed by atoms with Crippen LogP contribution in [-0.4, -0.2) is 31.8 Å². The normalized spacial score (nSPS) is 16.5. The molecule has 2 rings (SSSR count). The average Bonchev–Trinajstić information content (AvgIpc) is 2.66. The van der Waals surface area contributed by atoms with Gasteiger partial charge < -0.3 is 14.6 Å². The summed E-state index contributed by atoms with van der Waals surface area (Å²) in [5.41, 5.74) is -0.580. The Hall–Kier alpha value is -2.35. The second-order valence-corrected chi connectivity index (χ2v) is 5.18. The number of aliphatic imine (C=N–C) groups is 1. The van der Waals surface area contributed by atoms with Gasteiger partial charge in [0.15, 0.2) is 5.70 Å². The second-order valence-electron chi connectivity index (χ2n) is 3.51. The molecule has 8 heteroatoms. The van der Waals surface area contributed by atoms with Crippen LogP contribution in [0, 0.1) is 0 Å². The van der Waals surface area contributed by atoms with Crippen molar-refractivity contribution in [1.82, 2.24) is 0 Å². The van der Waals surface area contributed by atoms with Crippen LogP contribution in [-0.2, 0) is 14.6 Å². The van der Waals surface area contributed by atoms with Crippen LogP contribution in [0.25, 0.3) is 0 Å². The smallest absolute Gasteiger partial charge is 0.355 e. The quantitative estimate of drug-likeness (QED) is 0.879. The third-order valence-corrected chi connectivity index (χ3v) is 3.40. The van der Waals surface area contributed by atoms with Crippen LogP contribution in [0.1, 0.15) is 0 Å². The van der Waals surface area contributed by atoms with E-state index in [9.17, 15) is 13.2 Å². The van der Waals surface area contributed by atoms with E-state index in [1.807, 2.05) is 0 Å². The van der Waals surface area contributed by atoms with Gasteiger partial charge in [0.25, 0.3) is 9.84 Å². The van der Waals surface area contributed by atoms with Gasteiger partial charge in [-0.1, -0.05) is 0 Å². The van der Waals surface area contributed by atoms with Crippen molar-refractivity contribution in [3.63, 3.8) is 0 Å². The highest BCUT2D eigenvalue weighted by atomic mass is 32.2. The summed E-state index contributed by atoms with van der Waals surface area (Å²) in [6, 6.07) is 6.11. The third kappa shape index (κ3) is 2.74. The molecule has 0 radical (unpaired) electrons. The first-order chi connectivity index (χ1) is 8.92. The van der Waals surface area contributed by atoms with Crippen molar-refractivity contribution in [2.75, 3.05) is 7.11 Å². The summed E-state index contributed by atoms with van der Waals surface area (Å²) in [5.74, 6) is -0.645. The fourth-order valence-corrected chi connectivity index (χ4v) is 2.30. The van der Waals surface area contributed by atoms with Crippen molar-refractivity contribution in [1.29, 1.82) is 0 Å². The van der Waals surface area contributed by atoms with E-state index >= 15 is 0 Å². The third-order valence-electron chi connectivity index (χ3n) is 2.21. The van der Waals surface area contributed by atoms with Gasteiger partial charge in [-0.3, -0.25) is 0 Å². The Labute approximate surface area is 108 Å². The minimum atomic E-state index is -3.94. The Balaban J connectivity index is 2.24. The maximum Gasteiger partial charge on any atom is 0.355 e. The van der Waals surface area contributed by atoms with Crippen molar-refractivity contribution in [3.05, 3.63) is 35.4 Å². The zero-order valence-electron chi connectivity index (χ0n) is 9.73. The van der Waals surface area contributed by atoms with E-state index in [-0.39, 0.29) is 5.75 Å². The van der Waals surface area contributed by atoms with Gasteiger partial charge in [-0.2, -0.15) is 4.99 Å². The fourth-order valence-electron chi connectivity index (χ4n) is 1.31. The van der Waals surface area contributed by atoms with Gasteiger partial charge in [0, 0.05) is 0 Å². The largest absolute Gasteiger partial charge is 0.497 e. The lowest BCUT2D eigenvalue weighted by molar-refractivity contribution is -0.132. The molecular formula is C11H9NO6S. The number of ether oxygens (including phenoxy) is 2. The van der Waals surface area contributed by atoms with Crippen molar-refractivity contribution in [2.24, 2.45) is 4.99 Å². The zero-order chi connectivity index (χ0) is 14.0. The average molecular weight is 283 g/mol. The zero-order valence-corrected chi connectivity index (χ0v) is 10.5. The molecule has 19 heavy (non-hydrogen) atoms. The Kier molecular flexibility index (Phi) is 3.26. The highest BCUT2D eigenvalue weighted by Crippen LogP contribution is 2.21. The molecule has 0 unspecified atom stereocenters. The van der Waals surface area contributed by atoms with E-state index in [0.29, 0.717) is 11.2 Å². The molecule has 0 saturated carbocycles. The lowest BCUT2D eigenvalue weighted by Crippen LogP contribution is -2.16. The van der Waals surface area contributed by atoms with Gasteiger partial charge in [-0.15, -0.1) is 0 Å². The lowest BCUT2D eigenvalue weighted by atomic mass is 10.3. The minimum Gasteiger partial charge on any atom is -0.497 e. The van der Waals surface area contributed by atoms with Crippen molar-refractivity contribution >= 4 is 21.0 Å². The number of hydrogen-bond donors (Lipinski definition) is 1. The molecule has 1 heterocycles. The van der Waals surface area contributed by atoms with Gasteiger partial charge in [0.2, 0.25) is 0 Å². The van der Waals surface area contributed by atoms with E-state index in [1.165, 1.54) is 19.2 Å². The second kappa shape index (κ2) is 4.73. The first-order valence-electron chi connectivity index (χ1n) is 5.03. The molecule has 0 amide bonds. The Morgan fingerprint density at radius 2 is 1.79 bits per heavy atom. The summed E-state index contributed by atoms with van der Waals surface area (Å²) in [7, 11) is -2.45. The van der Waals surface area contributed by atoms with Crippen LogP contribution in [0.3, 0.4) is 0 Å². The minimum absolute atomic E-state index is 0.211. The molecule has 0 atom stereocenters. The molecule has 1 aliphatic rings. The Bertz CT molecular complexity index is 672. The van der Waals surface area contributed by atoms with E-state index in [2.05, 4.69) is 4.99 Å². The number of sulfone groups is 1. The Morgan fingerprint density at radius 1 is 1.21 bits per heavy atom. The van der Waals surface area contributed by atoms with Crippen LogP contribution in [0.2, 0.25) is 0 Å². The summed E-state index contributed by atoms with van der Waals surface area (Å²) in [6.45, 7) is 0. The summed E-state index contributed by atoms with van der Waals surface area (Å²) in [5, 5.41) is 8.58. The molecule has 1 N–H and O–H groups in total. The first-order valence-corrected chi connectivity index (χ1v) is 6.58. The topological polar surface area (TPSA) is 102 Å². The number of aliphatic carboxylic acids is 1. The van der Waals surface area contributed by atoms with Crippen LogP contribution in [0.4, 0.5) is 0 Å². The van der Waals surface area contributed by atoms with Crippen molar-refractivity contribution < 1.29 is 27.8 Å². The van der Waals surface area contributed by atoms with Crippen molar-refractivity contribution in [2.45, 2.75) is 0 Å². The van der Waals surface area contributed by atoms with E-state index in [1.54, 1.807) is 12.1 Å². The highest BCUT2D eigenvalue weighted by molar-refractivity contribution is 8.08. The number of carbonyl (C=O) groups is 1. The fraction of sp³-hybridized carbons (Fsp3) is 0.0909. The number of rotatable bonds is 3. The van der Waals surface area contributed by atoms with Gasteiger partial charge in [-0.25, -0.2) is 13.2 Å². The molecule has 1 aromatic rings. The van der Waals surface area contributed by atoms with Gasteiger partial charge in [0.1, 0.15) is 11.5 Å². The summed E-state index contributed by atoms with van der Waals surface area (Å²) in [6.07, 6.45) is 0. The van der Waals surface area contributed by atoms with E-state index in [0.717, 1.165) is 0 Å². The maximum absolute atomic E-state index is 11.6. The monoisotopic (exact) mass is 283 g/mol. The van der Waals surface area contributed by atoms with Crippen molar-refractivity contribution in [3.8, 4) is 11.5 Å². The Morgan fingerprint density at radius 3 is 2.26 bits per heavy atom. The molecule has 100 valence electrons. The first kappa shape index (κ1) is 13.1. The standard InChI is InChI=1S/C11H9NO6S/c1-17-7-2-4-8(5-3-7)18-11-12-9(10(13)14)6-19(11,15)16/h2-6H,1H3,(H,13,14). The molecule has 0 fully saturated rings. The molecular weight excluding hydrogens is 274 g/mol. The van der Waals surface area contributed by atoms with Gasteiger partial charge in [0.05, 0.1) is 12.5 Å². The van der Waals surface area contributed by atoms with Gasteiger partial charge in [-0.05, 0) is 24.3 Å². The molecule has 7 nitrogen and oxygen atoms in total. The highest BCUT2D eigenvalue weighted by Gasteiger charge is 2.30. The van der Waals surface area contributed by atoms with Gasteiger partial charge >= 0.3 is 11.2 Å². The maximum atomic E-state index is 11.6. The number of carboxylic acid groups (broad SMARTS) is 1. The predicted octanol–water partition coefficient (Wildman–Crippen LogP) is 0.784. The molecule has 1 aromatic carbocycles. The van der Waals surface area contributed by atoms with Crippen LogP contribution in [0.5, 0.6) is 11.5 Å². The molecule has 0 aliphatic carbocycles. The molecule has 0 bridgehead atoms. The number of hydrogen-bond acceptors (Lipinski definition) is 6. The number of benzene rings is 1. The SMILES string of the molecule is COc1ccc(OC2=NC(C(=O)O)=CS2(=O)=O)cc1. The van der Waals surface area contributed by atoms with E-state index in [4.69, 9.17) is 14.6 Å². The number of methoxy groups -OCH3 is 1. The molecule has 0 spiro atoms. The number of nitrogens with zero attached hydrogens (tertiary/aromatic N) is 1. The summed E-state index contributed by atoms with van der Waals surface area (Å²) in [4.78, 5) is 14.1. The van der Waals surface area contributed by atoms with E-state index < -0.39 is 26.7 Å². The van der Waals surface area contributed by atoms with Crippen LogP contribution >= 0.6 is 0 Å². The van der Waals surface area contributed by atoms with Crippen LogP contribution in [0.15, 0.2) is 40.4 Å². The predicted molar refractivity (Wildman–Crippen MR) is 65.7 cm³/mol. The van der Waals surface area contributed by atoms with Crippen LogP contribution < -0.4 is 9.47 Å². The summed E-state index contributed by atoms with van der Waals surface area (Å²) >= 11 is 0. The molecule has 0 aromatic heterocycles. The molecule has 0 saturated heterocycles. The number of carboxylic acids is 1. The summed E-state index contributed by atoms with van der Waals surface area (Å²) < 4.78 is 33.2.